The molecule has 0 saturated heterocycles. The van der Waals surface area contributed by atoms with Gasteiger partial charge in [-0.15, -0.1) is 0 Å². The first-order chi connectivity index (χ1) is 8.57. The second-order valence-corrected chi connectivity index (χ2v) is 6.66. The monoisotopic (exact) mass is 274 g/mol. The van der Waals surface area contributed by atoms with Gasteiger partial charge in [0.25, 0.3) is 0 Å². The Morgan fingerprint density at radius 1 is 1.39 bits per heavy atom. The number of hydrogen-bond acceptors (Lipinski definition) is 5. The van der Waals surface area contributed by atoms with Crippen molar-refractivity contribution in [1.82, 2.24) is 20.1 Å². The first-order valence-electron chi connectivity index (χ1n) is 6.37. The van der Waals surface area contributed by atoms with Crippen LogP contribution in [0.15, 0.2) is 6.33 Å². The topological polar surface area (TPSA) is 76.9 Å². The maximum atomic E-state index is 11.3. The van der Waals surface area contributed by atoms with Gasteiger partial charge in [0.05, 0.1) is 12.3 Å². The highest BCUT2D eigenvalue weighted by molar-refractivity contribution is 7.91. The standard InChI is InChI=1S/C11H22N4O2S/c1-3-6-12-9-11-13-10-15(14-11)7-5-8-18(16,17)4-2/h10,12H,3-9H2,1-2H3. The summed E-state index contributed by atoms with van der Waals surface area (Å²) < 4.78 is 24.3. The molecular weight excluding hydrogens is 252 g/mol. The Labute approximate surface area is 109 Å². The van der Waals surface area contributed by atoms with E-state index in [0.717, 1.165) is 18.8 Å². The highest BCUT2D eigenvalue weighted by atomic mass is 32.2. The van der Waals surface area contributed by atoms with E-state index in [2.05, 4.69) is 22.3 Å². The van der Waals surface area contributed by atoms with Crippen molar-refractivity contribution in [3.63, 3.8) is 0 Å². The lowest BCUT2D eigenvalue weighted by molar-refractivity contribution is 0.565. The van der Waals surface area contributed by atoms with E-state index in [1.54, 1.807) is 17.9 Å². The zero-order valence-corrected chi connectivity index (χ0v) is 11.9. The molecule has 0 amide bonds. The number of sulfone groups is 1. The molecule has 0 aliphatic heterocycles. The Morgan fingerprint density at radius 3 is 2.83 bits per heavy atom. The van der Waals surface area contributed by atoms with E-state index < -0.39 is 9.84 Å². The summed E-state index contributed by atoms with van der Waals surface area (Å²) in [5, 5.41) is 7.50. The summed E-state index contributed by atoms with van der Waals surface area (Å²) in [6.45, 7) is 5.98. The van der Waals surface area contributed by atoms with Crippen LogP contribution >= 0.6 is 0 Å². The van der Waals surface area contributed by atoms with Crippen molar-refractivity contribution in [3.05, 3.63) is 12.2 Å². The molecule has 1 rings (SSSR count). The fraction of sp³-hybridized carbons (Fsp3) is 0.818. The molecular formula is C11H22N4O2S. The van der Waals surface area contributed by atoms with Gasteiger partial charge in [0, 0.05) is 12.3 Å². The van der Waals surface area contributed by atoms with Crippen LogP contribution in [0, 0.1) is 0 Å². The minimum absolute atomic E-state index is 0.205. The average Bonchev–Trinajstić information content (AvgIpc) is 2.77. The van der Waals surface area contributed by atoms with Crippen molar-refractivity contribution in [2.45, 2.75) is 39.8 Å². The lowest BCUT2D eigenvalue weighted by atomic mass is 10.5. The summed E-state index contributed by atoms with van der Waals surface area (Å²) in [7, 11) is -2.87. The molecule has 0 aromatic carbocycles. The molecule has 1 heterocycles. The molecule has 0 radical (unpaired) electrons. The Kier molecular flexibility index (Phi) is 6.28. The third-order valence-electron chi connectivity index (χ3n) is 2.58. The maximum Gasteiger partial charge on any atom is 0.164 e. The third kappa shape index (κ3) is 5.59. The van der Waals surface area contributed by atoms with Gasteiger partial charge in [-0.3, -0.25) is 4.68 Å². The average molecular weight is 274 g/mol. The van der Waals surface area contributed by atoms with Crippen molar-refractivity contribution in [1.29, 1.82) is 0 Å². The normalized spacial score (nSPS) is 11.9. The van der Waals surface area contributed by atoms with E-state index in [-0.39, 0.29) is 11.5 Å². The molecule has 104 valence electrons. The molecule has 7 heteroatoms. The van der Waals surface area contributed by atoms with Gasteiger partial charge in [-0.1, -0.05) is 13.8 Å². The van der Waals surface area contributed by atoms with E-state index in [1.165, 1.54) is 0 Å². The van der Waals surface area contributed by atoms with Crippen LogP contribution in [0.25, 0.3) is 0 Å². The van der Waals surface area contributed by atoms with Crippen LogP contribution in [-0.2, 0) is 22.9 Å². The van der Waals surface area contributed by atoms with Crippen molar-refractivity contribution in [2.24, 2.45) is 0 Å². The molecule has 0 aliphatic rings. The van der Waals surface area contributed by atoms with Gasteiger partial charge < -0.3 is 5.32 Å². The van der Waals surface area contributed by atoms with E-state index in [0.29, 0.717) is 19.5 Å². The number of nitrogens with zero attached hydrogens (tertiary/aromatic N) is 3. The van der Waals surface area contributed by atoms with Crippen LogP contribution in [0.2, 0.25) is 0 Å². The molecule has 0 aliphatic carbocycles. The summed E-state index contributed by atoms with van der Waals surface area (Å²) in [6.07, 6.45) is 3.32. The van der Waals surface area contributed by atoms with Crippen LogP contribution in [0.5, 0.6) is 0 Å². The molecule has 1 N–H and O–H groups in total. The Balaban J connectivity index is 2.31. The first-order valence-corrected chi connectivity index (χ1v) is 8.19. The minimum Gasteiger partial charge on any atom is -0.310 e. The van der Waals surface area contributed by atoms with E-state index in [4.69, 9.17) is 0 Å². The van der Waals surface area contributed by atoms with Gasteiger partial charge in [-0.05, 0) is 19.4 Å². The zero-order valence-electron chi connectivity index (χ0n) is 11.1. The summed E-state index contributed by atoms with van der Waals surface area (Å²) in [6, 6.07) is 0. The predicted molar refractivity (Wildman–Crippen MR) is 71.0 cm³/mol. The molecule has 18 heavy (non-hydrogen) atoms. The molecule has 0 bridgehead atoms. The van der Waals surface area contributed by atoms with Crippen LogP contribution in [0.4, 0.5) is 0 Å². The largest absolute Gasteiger partial charge is 0.310 e. The number of nitrogens with one attached hydrogen (secondary N) is 1. The van der Waals surface area contributed by atoms with Crippen LogP contribution in [0.3, 0.4) is 0 Å². The smallest absolute Gasteiger partial charge is 0.164 e. The van der Waals surface area contributed by atoms with Gasteiger partial charge in [0.1, 0.15) is 16.2 Å². The third-order valence-corrected chi connectivity index (χ3v) is 4.37. The Morgan fingerprint density at radius 2 is 2.17 bits per heavy atom. The molecule has 0 saturated carbocycles. The molecule has 0 spiro atoms. The van der Waals surface area contributed by atoms with Gasteiger partial charge in [-0.25, -0.2) is 13.4 Å². The van der Waals surface area contributed by atoms with Gasteiger partial charge in [0.15, 0.2) is 5.82 Å². The number of rotatable bonds is 9. The summed E-state index contributed by atoms with van der Waals surface area (Å²) in [5.74, 6) is 1.17. The van der Waals surface area contributed by atoms with E-state index >= 15 is 0 Å². The highest BCUT2D eigenvalue weighted by Crippen LogP contribution is 1.97. The fourth-order valence-electron chi connectivity index (χ4n) is 1.49. The number of hydrogen-bond donors (Lipinski definition) is 1. The fourth-order valence-corrected chi connectivity index (χ4v) is 2.35. The van der Waals surface area contributed by atoms with Crippen molar-refractivity contribution < 1.29 is 8.42 Å². The molecule has 0 unspecified atom stereocenters. The minimum atomic E-state index is -2.87. The van der Waals surface area contributed by atoms with Crippen molar-refractivity contribution >= 4 is 9.84 Å². The summed E-state index contributed by atoms with van der Waals surface area (Å²) in [5.41, 5.74) is 0. The molecule has 0 fully saturated rings. The maximum absolute atomic E-state index is 11.3. The SMILES string of the molecule is CCCNCc1ncn(CCCS(=O)(=O)CC)n1. The quantitative estimate of drug-likeness (QED) is 0.667. The second-order valence-electron chi connectivity index (χ2n) is 4.19. The molecule has 6 nitrogen and oxygen atoms in total. The summed E-state index contributed by atoms with van der Waals surface area (Å²) >= 11 is 0. The van der Waals surface area contributed by atoms with Crippen molar-refractivity contribution in [2.75, 3.05) is 18.1 Å². The van der Waals surface area contributed by atoms with Crippen LogP contribution in [0.1, 0.15) is 32.5 Å². The summed E-state index contributed by atoms with van der Waals surface area (Å²) in [4.78, 5) is 4.16. The van der Waals surface area contributed by atoms with E-state index in [9.17, 15) is 8.42 Å². The number of aryl methyl sites for hydroxylation is 1. The second kappa shape index (κ2) is 7.48. The molecule has 1 aromatic rings. The predicted octanol–water partition coefficient (Wildman–Crippen LogP) is 0.603. The molecule has 1 aromatic heterocycles. The van der Waals surface area contributed by atoms with E-state index in [1.807, 2.05) is 0 Å². The molecule has 0 atom stereocenters. The highest BCUT2D eigenvalue weighted by Gasteiger charge is 2.07. The van der Waals surface area contributed by atoms with Gasteiger partial charge >= 0.3 is 0 Å². The zero-order chi connectivity index (χ0) is 13.4. The lowest BCUT2D eigenvalue weighted by Gasteiger charge is -2.01. The van der Waals surface area contributed by atoms with Crippen molar-refractivity contribution in [3.8, 4) is 0 Å². The van der Waals surface area contributed by atoms with Crippen LogP contribution < -0.4 is 5.32 Å². The Bertz CT molecular complexity index is 442. The first kappa shape index (κ1) is 15.1. The Hall–Kier alpha value is -0.950. The lowest BCUT2D eigenvalue weighted by Crippen LogP contribution is -2.15. The van der Waals surface area contributed by atoms with Crippen LogP contribution in [-0.4, -0.2) is 41.2 Å². The van der Waals surface area contributed by atoms with Gasteiger partial charge in [-0.2, -0.15) is 5.10 Å². The van der Waals surface area contributed by atoms with Gasteiger partial charge in [0.2, 0.25) is 0 Å². The number of aromatic nitrogens is 3.